The maximum Gasteiger partial charge on any atom is 0.179 e. The molecule has 100 valence electrons. The minimum atomic E-state index is -0.109. The minimum Gasteiger partial charge on any atom is -0.492 e. The Hall–Kier alpha value is -1.55. The first kappa shape index (κ1) is 14.5. The third-order valence-electron chi connectivity index (χ3n) is 2.91. The molecule has 0 saturated heterocycles. The van der Waals surface area contributed by atoms with Gasteiger partial charge in [0.15, 0.2) is 5.78 Å². The summed E-state index contributed by atoms with van der Waals surface area (Å²) < 4.78 is 5.36. The molecule has 1 aromatic rings. The molecule has 0 bridgehead atoms. The molecular weight excluding hydrogens is 228 g/mol. The Kier molecular flexibility index (Phi) is 5.16. The highest BCUT2D eigenvalue weighted by molar-refractivity contribution is 6.01. The van der Waals surface area contributed by atoms with Crippen LogP contribution in [-0.2, 0) is 0 Å². The zero-order valence-corrected chi connectivity index (χ0v) is 11.6. The van der Waals surface area contributed by atoms with E-state index < -0.39 is 0 Å². The zero-order chi connectivity index (χ0) is 13.7. The highest BCUT2D eigenvalue weighted by Crippen LogP contribution is 2.23. The van der Waals surface area contributed by atoms with Crippen molar-refractivity contribution in [2.45, 2.75) is 26.3 Å². The van der Waals surface area contributed by atoms with Gasteiger partial charge in [-0.2, -0.15) is 0 Å². The highest BCUT2D eigenvalue weighted by atomic mass is 16.5. The predicted octanol–water partition coefficient (Wildman–Crippen LogP) is 2.19. The Labute approximate surface area is 109 Å². The van der Waals surface area contributed by atoms with Gasteiger partial charge < -0.3 is 10.5 Å². The van der Waals surface area contributed by atoms with Gasteiger partial charge in [-0.3, -0.25) is 9.69 Å². The summed E-state index contributed by atoms with van der Waals surface area (Å²) in [5, 5.41) is 0. The fourth-order valence-electron chi connectivity index (χ4n) is 1.97. The van der Waals surface area contributed by atoms with E-state index in [1.807, 2.05) is 32.8 Å². The monoisotopic (exact) mass is 250 g/mol. The number of likely N-dealkylation sites (N-methyl/N-ethyl adjacent to an activating group) is 1. The van der Waals surface area contributed by atoms with Crippen molar-refractivity contribution < 1.29 is 9.53 Å². The summed E-state index contributed by atoms with van der Waals surface area (Å²) in [6, 6.07) is 5.12. The van der Waals surface area contributed by atoms with Gasteiger partial charge in [-0.15, -0.1) is 0 Å². The number of hydrogen-bond acceptors (Lipinski definition) is 4. The average Bonchev–Trinajstić information content (AvgIpc) is 2.32. The van der Waals surface area contributed by atoms with Crippen LogP contribution in [0.25, 0.3) is 0 Å². The lowest BCUT2D eigenvalue weighted by Gasteiger charge is -2.21. The van der Waals surface area contributed by atoms with Crippen molar-refractivity contribution in [3.05, 3.63) is 23.8 Å². The number of benzene rings is 1. The molecule has 0 radical (unpaired) electrons. The standard InChI is InChI=1S/C14H22N2O2/c1-5-12(16(3)4)14(17)10-7-8-13(18-6-2)11(15)9-10/h7-9,12H,5-6,15H2,1-4H3. The van der Waals surface area contributed by atoms with E-state index >= 15 is 0 Å². The molecule has 0 aliphatic heterocycles. The normalized spacial score (nSPS) is 12.5. The SMILES string of the molecule is CCOc1ccc(C(=O)C(CC)N(C)C)cc1N. The number of nitrogens with zero attached hydrogens (tertiary/aromatic N) is 1. The van der Waals surface area contributed by atoms with Crippen molar-refractivity contribution in [2.24, 2.45) is 0 Å². The summed E-state index contributed by atoms with van der Waals surface area (Å²) in [4.78, 5) is 14.2. The first-order valence-corrected chi connectivity index (χ1v) is 6.24. The average molecular weight is 250 g/mol. The Bertz CT molecular complexity index is 416. The van der Waals surface area contributed by atoms with Gasteiger partial charge in [-0.1, -0.05) is 6.92 Å². The molecule has 1 atom stereocenters. The molecule has 0 spiro atoms. The van der Waals surface area contributed by atoms with Crippen LogP contribution in [0.4, 0.5) is 5.69 Å². The van der Waals surface area contributed by atoms with Gasteiger partial charge in [-0.05, 0) is 45.6 Å². The van der Waals surface area contributed by atoms with Gasteiger partial charge in [0.1, 0.15) is 5.75 Å². The number of ketones is 1. The predicted molar refractivity (Wildman–Crippen MR) is 74.1 cm³/mol. The number of nitrogens with two attached hydrogens (primary N) is 1. The van der Waals surface area contributed by atoms with Crippen LogP contribution in [0.1, 0.15) is 30.6 Å². The fourth-order valence-corrected chi connectivity index (χ4v) is 1.97. The zero-order valence-electron chi connectivity index (χ0n) is 11.6. The molecule has 0 heterocycles. The van der Waals surface area contributed by atoms with Gasteiger partial charge in [0.2, 0.25) is 0 Å². The van der Waals surface area contributed by atoms with Crippen molar-refractivity contribution in [3.63, 3.8) is 0 Å². The minimum absolute atomic E-state index is 0.0947. The number of hydrogen-bond donors (Lipinski definition) is 1. The fraction of sp³-hybridized carbons (Fsp3) is 0.500. The van der Waals surface area contributed by atoms with Crippen molar-refractivity contribution in [3.8, 4) is 5.75 Å². The molecule has 0 amide bonds. The first-order chi connectivity index (χ1) is 8.51. The van der Waals surface area contributed by atoms with Gasteiger partial charge in [0.25, 0.3) is 0 Å². The van der Waals surface area contributed by atoms with Crippen molar-refractivity contribution in [1.29, 1.82) is 0 Å². The first-order valence-electron chi connectivity index (χ1n) is 6.24. The summed E-state index contributed by atoms with van der Waals surface area (Å²) in [6.07, 6.45) is 0.777. The lowest BCUT2D eigenvalue weighted by atomic mass is 10.0. The van der Waals surface area contributed by atoms with Gasteiger partial charge in [-0.25, -0.2) is 0 Å². The van der Waals surface area contributed by atoms with E-state index in [9.17, 15) is 4.79 Å². The molecule has 0 aromatic heterocycles. The van der Waals surface area contributed by atoms with E-state index in [1.165, 1.54) is 0 Å². The van der Waals surface area contributed by atoms with E-state index in [0.717, 1.165) is 6.42 Å². The van der Waals surface area contributed by atoms with Gasteiger partial charge in [0.05, 0.1) is 18.3 Å². The lowest BCUT2D eigenvalue weighted by Crippen LogP contribution is -2.35. The summed E-state index contributed by atoms with van der Waals surface area (Å²) in [5.74, 6) is 0.726. The number of anilines is 1. The summed E-state index contributed by atoms with van der Waals surface area (Å²) in [7, 11) is 3.81. The molecule has 1 rings (SSSR count). The number of carbonyl (C=O) groups is 1. The third kappa shape index (κ3) is 3.23. The smallest absolute Gasteiger partial charge is 0.179 e. The maximum atomic E-state index is 12.3. The number of Topliss-reactive ketones (excluding diaryl/α,β-unsaturated/α-hetero) is 1. The molecule has 1 unspecified atom stereocenters. The molecule has 0 aliphatic carbocycles. The van der Waals surface area contributed by atoms with Crippen LogP contribution < -0.4 is 10.5 Å². The molecule has 0 saturated carbocycles. The topological polar surface area (TPSA) is 55.6 Å². The van der Waals surface area contributed by atoms with Gasteiger partial charge in [0, 0.05) is 5.56 Å². The van der Waals surface area contributed by atoms with Crippen LogP contribution in [0.3, 0.4) is 0 Å². The molecule has 4 nitrogen and oxygen atoms in total. The maximum absolute atomic E-state index is 12.3. The van der Waals surface area contributed by atoms with Crippen LogP contribution in [-0.4, -0.2) is 37.4 Å². The molecule has 0 aliphatic rings. The van der Waals surface area contributed by atoms with Crippen molar-refractivity contribution in [1.82, 2.24) is 4.90 Å². The lowest BCUT2D eigenvalue weighted by molar-refractivity contribution is 0.0871. The summed E-state index contributed by atoms with van der Waals surface area (Å²) >= 11 is 0. The van der Waals surface area contributed by atoms with E-state index in [1.54, 1.807) is 18.2 Å². The number of carbonyl (C=O) groups excluding carboxylic acids is 1. The largest absolute Gasteiger partial charge is 0.492 e. The van der Waals surface area contributed by atoms with Crippen molar-refractivity contribution in [2.75, 3.05) is 26.4 Å². The molecule has 18 heavy (non-hydrogen) atoms. The Morgan fingerprint density at radius 3 is 2.50 bits per heavy atom. The van der Waals surface area contributed by atoms with E-state index in [4.69, 9.17) is 10.5 Å². The van der Waals surface area contributed by atoms with Crippen LogP contribution in [0.15, 0.2) is 18.2 Å². The van der Waals surface area contributed by atoms with E-state index in [0.29, 0.717) is 23.6 Å². The van der Waals surface area contributed by atoms with Crippen molar-refractivity contribution >= 4 is 11.5 Å². The molecule has 2 N–H and O–H groups in total. The third-order valence-corrected chi connectivity index (χ3v) is 2.91. The number of rotatable bonds is 6. The second kappa shape index (κ2) is 6.40. The van der Waals surface area contributed by atoms with Crippen LogP contribution in [0.5, 0.6) is 5.75 Å². The number of nitrogen functional groups attached to an aromatic ring is 1. The summed E-state index contributed by atoms with van der Waals surface area (Å²) in [6.45, 7) is 4.46. The Morgan fingerprint density at radius 2 is 2.06 bits per heavy atom. The van der Waals surface area contributed by atoms with Crippen LogP contribution >= 0.6 is 0 Å². The second-order valence-corrected chi connectivity index (χ2v) is 4.44. The van der Waals surface area contributed by atoms with Crippen LogP contribution in [0, 0.1) is 0 Å². The molecule has 4 heteroatoms. The summed E-state index contributed by atoms with van der Waals surface area (Å²) in [5.41, 5.74) is 7.02. The molecular formula is C14H22N2O2. The van der Waals surface area contributed by atoms with E-state index in [-0.39, 0.29) is 11.8 Å². The van der Waals surface area contributed by atoms with Crippen LogP contribution in [0.2, 0.25) is 0 Å². The van der Waals surface area contributed by atoms with Gasteiger partial charge >= 0.3 is 0 Å². The molecule has 1 aromatic carbocycles. The Balaban J connectivity index is 2.96. The second-order valence-electron chi connectivity index (χ2n) is 4.44. The number of ether oxygens (including phenoxy) is 1. The van der Waals surface area contributed by atoms with E-state index in [2.05, 4.69) is 0 Å². The Morgan fingerprint density at radius 1 is 1.39 bits per heavy atom. The quantitative estimate of drug-likeness (QED) is 0.621. The molecule has 0 fully saturated rings. The highest BCUT2D eigenvalue weighted by Gasteiger charge is 2.20.